The summed E-state index contributed by atoms with van der Waals surface area (Å²) in [6, 6.07) is 4.31. The van der Waals surface area contributed by atoms with Crippen LogP contribution in [0.2, 0.25) is 0 Å². The summed E-state index contributed by atoms with van der Waals surface area (Å²) in [7, 11) is 0. The zero-order valence-electron chi connectivity index (χ0n) is 6.44. The van der Waals surface area contributed by atoms with E-state index in [0.717, 1.165) is 0 Å². The van der Waals surface area contributed by atoms with Gasteiger partial charge in [0.05, 0.1) is 12.3 Å². The number of aromatic hydroxyl groups is 1. The maximum atomic E-state index is 9.16. The highest BCUT2D eigenvalue weighted by atomic mass is 16.3. The normalized spacial score (nSPS) is 12.8. The van der Waals surface area contributed by atoms with E-state index in [1.165, 1.54) is 18.2 Å². The average Bonchev–Trinajstić information content (AvgIpc) is 2.08. The summed E-state index contributed by atoms with van der Waals surface area (Å²) in [6.45, 7) is -0.357. The lowest BCUT2D eigenvalue weighted by Crippen LogP contribution is -2.02. The van der Waals surface area contributed by atoms with E-state index < -0.39 is 6.10 Å². The number of phenolic OH excluding ortho intramolecular Hbond substituents is 1. The molecule has 0 aliphatic rings. The Labute approximate surface area is 69.9 Å². The number of nitrogens with two attached hydrogens (primary N) is 1. The van der Waals surface area contributed by atoms with Gasteiger partial charge in [-0.2, -0.15) is 0 Å². The lowest BCUT2D eigenvalue weighted by Gasteiger charge is -2.08. The fraction of sp³-hybridized carbons (Fsp3) is 0.250. The average molecular weight is 169 g/mol. The van der Waals surface area contributed by atoms with Gasteiger partial charge in [-0.15, -0.1) is 0 Å². The third-order valence-corrected chi connectivity index (χ3v) is 1.61. The summed E-state index contributed by atoms with van der Waals surface area (Å²) >= 11 is 0. The third-order valence-electron chi connectivity index (χ3n) is 1.61. The van der Waals surface area contributed by atoms with E-state index in [2.05, 4.69) is 0 Å². The standard InChI is InChI=1S/C8H11NO3/c9-6-3-5(8(12)4-10)1-2-7(6)11/h1-3,8,10-12H,4,9H2/t8-/m0/s1. The van der Waals surface area contributed by atoms with Gasteiger partial charge >= 0.3 is 0 Å². The van der Waals surface area contributed by atoms with Gasteiger partial charge in [-0.1, -0.05) is 6.07 Å². The van der Waals surface area contributed by atoms with Gasteiger partial charge in [0.2, 0.25) is 0 Å². The van der Waals surface area contributed by atoms with Crippen LogP contribution in [-0.4, -0.2) is 21.9 Å². The van der Waals surface area contributed by atoms with Crippen LogP contribution in [0.15, 0.2) is 18.2 Å². The fourth-order valence-corrected chi connectivity index (χ4v) is 0.886. The van der Waals surface area contributed by atoms with Crippen molar-refractivity contribution in [1.29, 1.82) is 0 Å². The number of hydrogen-bond donors (Lipinski definition) is 4. The Balaban J connectivity index is 2.96. The first-order valence-corrected chi connectivity index (χ1v) is 3.52. The van der Waals surface area contributed by atoms with Gasteiger partial charge in [-0.05, 0) is 17.7 Å². The van der Waals surface area contributed by atoms with E-state index in [0.29, 0.717) is 5.56 Å². The molecule has 12 heavy (non-hydrogen) atoms. The van der Waals surface area contributed by atoms with Crippen LogP contribution < -0.4 is 5.73 Å². The molecule has 5 N–H and O–H groups in total. The van der Waals surface area contributed by atoms with E-state index in [1.807, 2.05) is 0 Å². The van der Waals surface area contributed by atoms with Crippen LogP contribution in [0, 0.1) is 0 Å². The molecule has 0 aromatic heterocycles. The summed E-state index contributed by atoms with van der Waals surface area (Å²) in [5, 5.41) is 26.8. The van der Waals surface area contributed by atoms with Crippen molar-refractivity contribution in [1.82, 2.24) is 0 Å². The largest absolute Gasteiger partial charge is 0.506 e. The Morgan fingerprint density at radius 3 is 2.58 bits per heavy atom. The topological polar surface area (TPSA) is 86.7 Å². The van der Waals surface area contributed by atoms with Crippen LogP contribution in [0.3, 0.4) is 0 Å². The molecular formula is C8H11NO3. The SMILES string of the molecule is Nc1cc([C@@H](O)CO)ccc1O. The second-order valence-corrected chi connectivity index (χ2v) is 2.52. The van der Waals surface area contributed by atoms with E-state index in [9.17, 15) is 0 Å². The molecule has 0 radical (unpaired) electrons. The Morgan fingerprint density at radius 2 is 2.08 bits per heavy atom. The molecule has 1 aromatic carbocycles. The first kappa shape index (κ1) is 8.83. The van der Waals surface area contributed by atoms with Crippen molar-refractivity contribution in [3.05, 3.63) is 23.8 Å². The number of phenols is 1. The molecule has 0 saturated heterocycles. The van der Waals surface area contributed by atoms with Gasteiger partial charge in [0.25, 0.3) is 0 Å². The minimum Gasteiger partial charge on any atom is -0.506 e. The van der Waals surface area contributed by atoms with Crippen LogP contribution in [0.5, 0.6) is 5.75 Å². The summed E-state index contributed by atoms with van der Waals surface area (Å²) in [5.41, 5.74) is 6.06. The Kier molecular flexibility index (Phi) is 2.52. The molecule has 0 unspecified atom stereocenters. The second-order valence-electron chi connectivity index (χ2n) is 2.52. The molecular weight excluding hydrogens is 158 g/mol. The predicted octanol–water partition coefficient (Wildman–Crippen LogP) is 0.000100. The summed E-state index contributed by atoms with van der Waals surface area (Å²) < 4.78 is 0. The molecule has 4 heteroatoms. The smallest absolute Gasteiger partial charge is 0.138 e. The number of rotatable bonds is 2. The minimum absolute atomic E-state index is 0.0242. The quantitative estimate of drug-likeness (QED) is 0.371. The second kappa shape index (κ2) is 3.42. The molecule has 66 valence electrons. The van der Waals surface area contributed by atoms with E-state index in [4.69, 9.17) is 21.1 Å². The highest BCUT2D eigenvalue weighted by Crippen LogP contribution is 2.23. The van der Waals surface area contributed by atoms with Crippen LogP contribution in [0.1, 0.15) is 11.7 Å². The number of anilines is 1. The van der Waals surface area contributed by atoms with Crippen molar-refractivity contribution in [2.24, 2.45) is 0 Å². The molecule has 0 spiro atoms. The van der Waals surface area contributed by atoms with Crippen LogP contribution in [-0.2, 0) is 0 Å². The molecule has 0 amide bonds. The lowest BCUT2D eigenvalue weighted by molar-refractivity contribution is 0.0956. The number of aliphatic hydroxyl groups is 2. The molecule has 0 heterocycles. The summed E-state index contributed by atoms with van der Waals surface area (Å²) in [4.78, 5) is 0. The monoisotopic (exact) mass is 169 g/mol. The van der Waals surface area contributed by atoms with Gasteiger partial charge in [-0.3, -0.25) is 0 Å². The van der Waals surface area contributed by atoms with Gasteiger partial charge in [-0.25, -0.2) is 0 Å². The maximum absolute atomic E-state index is 9.16. The highest BCUT2D eigenvalue weighted by Gasteiger charge is 2.06. The predicted molar refractivity (Wildman–Crippen MR) is 44.6 cm³/mol. The lowest BCUT2D eigenvalue weighted by atomic mass is 10.1. The van der Waals surface area contributed by atoms with Crippen molar-refractivity contribution in [3.63, 3.8) is 0 Å². The molecule has 0 aliphatic carbocycles. The molecule has 0 saturated carbocycles. The van der Waals surface area contributed by atoms with Crippen LogP contribution in [0.25, 0.3) is 0 Å². The Bertz CT molecular complexity index is 275. The minimum atomic E-state index is -0.937. The molecule has 1 rings (SSSR count). The van der Waals surface area contributed by atoms with Crippen molar-refractivity contribution in [3.8, 4) is 5.75 Å². The molecule has 0 bridgehead atoms. The Hall–Kier alpha value is -1.26. The first-order chi connectivity index (χ1) is 5.65. The summed E-state index contributed by atoms with van der Waals surface area (Å²) in [5.74, 6) is -0.0242. The van der Waals surface area contributed by atoms with Crippen molar-refractivity contribution >= 4 is 5.69 Å². The third kappa shape index (κ3) is 1.66. The zero-order valence-corrected chi connectivity index (χ0v) is 6.44. The number of nitrogen functional groups attached to an aromatic ring is 1. The summed E-state index contributed by atoms with van der Waals surface area (Å²) in [6.07, 6.45) is -0.937. The van der Waals surface area contributed by atoms with Gasteiger partial charge in [0.1, 0.15) is 11.9 Å². The van der Waals surface area contributed by atoms with Crippen molar-refractivity contribution in [2.75, 3.05) is 12.3 Å². The van der Waals surface area contributed by atoms with Gasteiger partial charge in [0, 0.05) is 0 Å². The van der Waals surface area contributed by atoms with Crippen LogP contribution in [0.4, 0.5) is 5.69 Å². The van der Waals surface area contributed by atoms with Gasteiger partial charge < -0.3 is 21.1 Å². The molecule has 1 aromatic rings. The van der Waals surface area contributed by atoms with Crippen molar-refractivity contribution in [2.45, 2.75) is 6.10 Å². The van der Waals surface area contributed by atoms with Gasteiger partial charge in [0.15, 0.2) is 0 Å². The highest BCUT2D eigenvalue weighted by molar-refractivity contribution is 5.53. The number of hydrogen-bond acceptors (Lipinski definition) is 4. The first-order valence-electron chi connectivity index (χ1n) is 3.52. The van der Waals surface area contributed by atoms with Crippen molar-refractivity contribution < 1.29 is 15.3 Å². The Morgan fingerprint density at radius 1 is 1.42 bits per heavy atom. The molecule has 0 aliphatic heterocycles. The fourth-order valence-electron chi connectivity index (χ4n) is 0.886. The zero-order chi connectivity index (χ0) is 9.14. The van der Waals surface area contributed by atoms with E-state index in [-0.39, 0.29) is 18.0 Å². The van der Waals surface area contributed by atoms with E-state index in [1.54, 1.807) is 0 Å². The van der Waals surface area contributed by atoms with Crippen LogP contribution >= 0.6 is 0 Å². The molecule has 1 atom stereocenters. The number of benzene rings is 1. The number of aliphatic hydroxyl groups excluding tert-OH is 2. The van der Waals surface area contributed by atoms with E-state index >= 15 is 0 Å². The molecule has 4 nitrogen and oxygen atoms in total. The maximum Gasteiger partial charge on any atom is 0.138 e. The molecule has 0 fully saturated rings.